The molecule has 0 spiro atoms. The first kappa shape index (κ1) is 16.5. The number of anilines is 1. The smallest absolute Gasteiger partial charge is 0.335 e. The maximum Gasteiger partial charge on any atom is 0.335 e. The van der Waals surface area contributed by atoms with E-state index in [2.05, 4.69) is 44.9 Å². The Hall–Kier alpha value is -1.58. The number of hydrogen-bond acceptors (Lipinski definition) is 3. The van der Waals surface area contributed by atoms with Crippen LogP contribution in [-0.4, -0.2) is 21.6 Å². The highest BCUT2D eigenvalue weighted by Gasteiger charge is 2.26. The topological polar surface area (TPSA) is 62.2 Å². The van der Waals surface area contributed by atoms with Crippen molar-refractivity contribution in [1.82, 2.24) is 4.98 Å². The summed E-state index contributed by atoms with van der Waals surface area (Å²) in [5.41, 5.74) is 1.12. The highest BCUT2D eigenvalue weighted by Crippen LogP contribution is 2.29. The van der Waals surface area contributed by atoms with Crippen molar-refractivity contribution in [2.45, 2.75) is 59.9 Å². The van der Waals surface area contributed by atoms with E-state index in [4.69, 9.17) is 5.11 Å². The molecule has 112 valence electrons. The van der Waals surface area contributed by atoms with Crippen LogP contribution in [0.25, 0.3) is 0 Å². The lowest BCUT2D eigenvalue weighted by Gasteiger charge is -2.34. The fourth-order valence-corrected chi connectivity index (χ4v) is 2.67. The second kappa shape index (κ2) is 5.81. The lowest BCUT2D eigenvalue weighted by Crippen LogP contribution is -2.35. The first-order valence-electron chi connectivity index (χ1n) is 7.05. The van der Waals surface area contributed by atoms with E-state index in [1.807, 2.05) is 6.92 Å². The van der Waals surface area contributed by atoms with Crippen LogP contribution in [-0.2, 0) is 6.42 Å². The van der Waals surface area contributed by atoms with Crippen LogP contribution in [0, 0.1) is 5.41 Å². The summed E-state index contributed by atoms with van der Waals surface area (Å²) in [4.78, 5) is 15.6. The van der Waals surface area contributed by atoms with E-state index in [0.29, 0.717) is 5.82 Å². The Bertz CT molecular complexity index is 488. The Kier molecular flexibility index (Phi) is 4.79. The third kappa shape index (κ3) is 5.19. The SMILES string of the molecule is CCc1cc(C(=O)O)cc(NC(C)(C)CC(C)(C)C)n1. The minimum absolute atomic E-state index is 0.145. The number of hydrogen-bond donors (Lipinski definition) is 2. The van der Waals surface area contributed by atoms with Gasteiger partial charge in [0.2, 0.25) is 0 Å². The van der Waals surface area contributed by atoms with E-state index >= 15 is 0 Å². The molecule has 0 aliphatic heterocycles. The number of aromatic carboxylic acids is 1. The van der Waals surface area contributed by atoms with E-state index in [1.165, 1.54) is 0 Å². The number of nitrogens with zero attached hydrogens (tertiary/aromatic N) is 1. The molecule has 1 aromatic heterocycles. The van der Waals surface area contributed by atoms with Gasteiger partial charge in [0, 0.05) is 11.2 Å². The molecule has 4 nitrogen and oxygen atoms in total. The van der Waals surface area contributed by atoms with E-state index in [0.717, 1.165) is 18.5 Å². The van der Waals surface area contributed by atoms with Gasteiger partial charge in [-0.1, -0.05) is 27.7 Å². The quantitative estimate of drug-likeness (QED) is 0.855. The predicted molar refractivity (Wildman–Crippen MR) is 82.3 cm³/mol. The monoisotopic (exact) mass is 278 g/mol. The molecule has 2 N–H and O–H groups in total. The number of pyridine rings is 1. The summed E-state index contributed by atoms with van der Waals surface area (Å²) in [6.45, 7) is 12.8. The molecule has 4 heteroatoms. The maximum atomic E-state index is 11.2. The van der Waals surface area contributed by atoms with E-state index in [9.17, 15) is 4.79 Å². The van der Waals surface area contributed by atoms with Crippen molar-refractivity contribution in [1.29, 1.82) is 0 Å². The Balaban J connectivity index is 3.02. The van der Waals surface area contributed by atoms with Crippen molar-refractivity contribution in [3.8, 4) is 0 Å². The summed E-state index contributed by atoms with van der Waals surface area (Å²) in [5.74, 6) is -0.283. The normalized spacial score (nSPS) is 12.3. The molecule has 0 aromatic carbocycles. The molecule has 1 aromatic rings. The van der Waals surface area contributed by atoms with Crippen LogP contribution in [0.5, 0.6) is 0 Å². The van der Waals surface area contributed by atoms with Crippen molar-refractivity contribution in [3.05, 3.63) is 23.4 Å². The molecule has 0 unspecified atom stereocenters. The predicted octanol–water partition coefficient (Wildman–Crippen LogP) is 3.97. The largest absolute Gasteiger partial charge is 0.478 e. The van der Waals surface area contributed by atoms with Crippen molar-refractivity contribution in [2.75, 3.05) is 5.32 Å². The number of nitrogens with one attached hydrogen (secondary N) is 1. The van der Waals surface area contributed by atoms with Gasteiger partial charge < -0.3 is 10.4 Å². The molecule has 0 atom stereocenters. The van der Waals surface area contributed by atoms with Crippen LogP contribution in [0.15, 0.2) is 12.1 Å². The third-order valence-corrected chi connectivity index (χ3v) is 2.93. The zero-order valence-electron chi connectivity index (χ0n) is 13.4. The number of rotatable bonds is 5. The van der Waals surface area contributed by atoms with Crippen molar-refractivity contribution >= 4 is 11.8 Å². The van der Waals surface area contributed by atoms with Gasteiger partial charge >= 0.3 is 5.97 Å². The highest BCUT2D eigenvalue weighted by atomic mass is 16.4. The summed E-state index contributed by atoms with van der Waals surface area (Å²) >= 11 is 0. The Morgan fingerprint density at radius 2 is 1.85 bits per heavy atom. The Morgan fingerprint density at radius 3 is 2.30 bits per heavy atom. The molecule has 0 aliphatic rings. The number of carboxylic acid groups (broad SMARTS) is 1. The van der Waals surface area contributed by atoms with Gasteiger partial charge in [-0.15, -0.1) is 0 Å². The van der Waals surface area contributed by atoms with Gasteiger partial charge in [0.05, 0.1) is 5.56 Å². The second-order valence-electron chi connectivity index (χ2n) is 7.14. The number of aromatic nitrogens is 1. The Morgan fingerprint density at radius 1 is 1.25 bits per heavy atom. The summed E-state index contributed by atoms with van der Waals surface area (Å²) in [5, 5.41) is 12.5. The van der Waals surface area contributed by atoms with Crippen LogP contribution in [0.3, 0.4) is 0 Å². The van der Waals surface area contributed by atoms with E-state index in [1.54, 1.807) is 12.1 Å². The first-order chi connectivity index (χ1) is 9.02. The molecule has 1 heterocycles. The third-order valence-electron chi connectivity index (χ3n) is 2.93. The van der Waals surface area contributed by atoms with Crippen molar-refractivity contribution in [3.63, 3.8) is 0 Å². The molecule has 0 saturated carbocycles. The Labute approximate surface area is 121 Å². The number of aryl methyl sites for hydroxylation is 1. The highest BCUT2D eigenvalue weighted by molar-refractivity contribution is 5.88. The fraction of sp³-hybridized carbons (Fsp3) is 0.625. The number of carbonyl (C=O) groups is 1. The van der Waals surface area contributed by atoms with Gasteiger partial charge in [-0.2, -0.15) is 0 Å². The molecule has 20 heavy (non-hydrogen) atoms. The molecular formula is C16H26N2O2. The molecule has 0 saturated heterocycles. The van der Waals surface area contributed by atoms with Gasteiger partial charge in [0.25, 0.3) is 0 Å². The molecule has 0 radical (unpaired) electrons. The lowest BCUT2D eigenvalue weighted by molar-refractivity contribution is 0.0696. The molecular weight excluding hydrogens is 252 g/mol. The molecule has 0 fully saturated rings. The zero-order chi connectivity index (χ0) is 15.6. The average molecular weight is 278 g/mol. The van der Waals surface area contributed by atoms with Gasteiger partial charge in [-0.05, 0) is 44.2 Å². The van der Waals surface area contributed by atoms with E-state index < -0.39 is 5.97 Å². The van der Waals surface area contributed by atoms with Crippen LogP contribution in [0.2, 0.25) is 0 Å². The fourth-order valence-electron chi connectivity index (χ4n) is 2.67. The standard InChI is InChI=1S/C16H26N2O2/c1-7-12-8-11(14(19)20)9-13(17-12)18-16(5,6)10-15(2,3)4/h8-9H,7,10H2,1-6H3,(H,17,18)(H,19,20). The van der Waals surface area contributed by atoms with Gasteiger partial charge in [-0.25, -0.2) is 9.78 Å². The summed E-state index contributed by atoms with van der Waals surface area (Å²) < 4.78 is 0. The van der Waals surface area contributed by atoms with Gasteiger partial charge in [0.1, 0.15) is 5.82 Å². The first-order valence-corrected chi connectivity index (χ1v) is 7.05. The van der Waals surface area contributed by atoms with E-state index in [-0.39, 0.29) is 16.5 Å². The summed E-state index contributed by atoms with van der Waals surface area (Å²) in [7, 11) is 0. The summed E-state index contributed by atoms with van der Waals surface area (Å²) in [6, 6.07) is 3.23. The molecule has 0 aliphatic carbocycles. The van der Waals surface area contributed by atoms with Crippen molar-refractivity contribution in [2.24, 2.45) is 5.41 Å². The number of carboxylic acids is 1. The minimum Gasteiger partial charge on any atom is -0.478 e. The van der Waals surface area contributed by atoms with Crippen LogP contribution < -0.4 is 5.32 Å². The van der Waals surface area contributed by atoms with Crippen molar-refractivity contribution < 1.29 is 9.90 Å². The summed E-state index contributed by atoms with van der Waals surface area (Å²) in [6.07, 6.45) is 1.68. The molecule has 0 amide bonds. The van der Waals surface area contributed by atoms with Gasteiger partial charge in [-0.3, -0.25) is 0 Å². The van der Waals surface area contributed by atoms with Crippen LogP contribution in [0.1, 0.15) is 64.0 Å². The second-order valence-corrected chi connectivity index (χ2v) is 7.14. The van der Waals surface area contributed by atoms with Crippen LogP contribution >= 0.6 is 0 Å². The zero-order valence-corrected chi connectivity index (χ0v) is 13.4. The van der Waals surface area contributed by atoms with Gasteiger partial charge in [0.15, 0.2) is 0 Å². The molecule has 0 bridgehead atoms. The maximum absolute atomic E-state index is 11.2. The average Bonchev–Trinajstić information content (AvgIpc) is 2.24. The lowest BCUT2D eigenvalue weighted by atomic mass is 9.82. The minimum atomic E-state index is -0.918. The van der Waals surface area contributed by atoms with Crippen LogP contribution in [0.4, 0.5) is 5.82 Å². The molecule has 1 rings (SSSR count).